The van der Waals surface area contributed by atoms with E-state index in [0.29, 0.717) is 18.2 Å². The van der Waals surface area contributed by atoms with Crippen molar-refractivity contribution in [2.45, 2.75) is 32.6 Å². The predicted molar refractivity (Wildman–Crippen MR) is 74.7 cm³/mol. The molecule has 0 saturated carbocycles. The minimum atomic E-state index is -3.28. The van der Waals surface area contributed by atoms with Gasteiger partial charge in [0, 0.05) is 18.9 Å². The van der Waals surface area contributed by atoms with E-state index >= 15 is 0 Å². The number of aromatic nitrogens is 2. The maximum absolute atomic E-state index is 11.5. The Morgan fingerprint density at radius 2 is 2.00 bits per heavy atom. The summed E-state index contributed by atoms with van der Waals surface area (Å²) < 4.78 is 23.0. The van der Waals surface area contributed by atoms with E-state index in [1.807, 2.05) is 0 Å². The minimum absolute atomic E-state index is 0.191. The molecule has 2 N–H and O–H groups in total. The van der Waals surface area contributed by atoms with Crippen molar-refractivity contribution in [1.82, 2.24) is 15.3 Å². The molecule has 19 heavy (non-hydrogen) atoms. The molecule has 1 aromatic heterocycles. The number of nitrogens with one attached hydrogen (secondary N) is 2. The van der Waals surface area contributed by atoms with Crippen LogP contribution in [-0.2, 0) is 16.4 Å². The monoisotopic (exact) mass is 287 g/mol. The van der Waals surface area contributed by atoms with Crippen LogP contribution in [0.25, 0.3) is 0 Å². The van der Waals surface area contributed by atoms with Gasteiger partial charge in [-0.15, -0.1) is 0 Å². The largest absolute Gasteiger partial charge is 0.311 e. The first-order valence-corrected chi connectivity index (χ1v) is 8.15. The molecule has 0 saturated heterocycles. The molecule has 1 heterocycles. The number of aromatic amines is 1. The van der Waals surface area contributed by atoms with Crippen LogP contribution in [-0.4, -0.2) is 31.2 Å². The standard InChI is InChI=1S/C12H21N3O3S/c1-8(2)6-13-7-10-5-11(16)15-12(14-10)9(3)19(4,17)18/h5,8-9,13H,6-7H2,1-4H3,(H,14,15,16). The van der Waals surface area contributed by atoms with E-state index in [4.69, 9.17) is 0 Å². The van der Waals surface area contributed by atoms with Crippen LogP contribution in [0.2, 0.25) is 0 Å². The fraction of sp³-hybridized carbons (Fsp3) is 0.667. The molecule has 1 atom stereocenters. The summed E-state index contributed by atoms with van der Waals surface area (Å²) >= 11 is 0. The highest BCUT2D eigenvalue weighted by Gasteiger charge is 2.20. The minimum Gasteiger partial charge on any atom is -0.311 e. The number of rotatable bonds is 6. The molecule has 1 aromatic rings. The number of hydrogen-bond donors (Lipinski definition) is 2. The molecule has 0 aliphatic rings. The van der Waals surface area contributed by atoms with Gasteiger partial charge in [-0.2, -0.15) is 0 Å². The lowest BCUT2D eigenvalue weighted by Gasteiger charge is -2.11. The Hall–Kier alpha value is -1.21. The van der Waals surface area contributed by atoms with Crippen LogP contribution in [0.15, 0.2) is 10.9 Å². The number of H-pyrrole nitrogens is 1. The van der Waals surface area contributed by atoms with Gasteiger partial charge < -0.3 is 10.3 Å². The van der Waals surface area contributed by atoms with Crippen LogP contribution in [0.1, 0.15) is 37.5 Å². The molecular weight excluding hydrogens is 266 g/mol. The number of nitrogens with zero attached hydrogens (tertiary/aromatic N) is 1. The van der Waals surface area contributed by atoms with Gasteiger partial charge in [0.1, 0.15) is 11.1 Å². The Kier molecular flexibility index (Phi) is 5.25. The fourth-order valence-electron chi connectivity index (χ4n) is 1.50. The molecule has 1 rings (SSSR count). The van der Waals surface area contributed by atoms with Gasteiger partial charge in [0.25, 0.3) is 5.56 Å². The maximum Gasteiger partial charge on any atom is 0.251 e. The Labute approximate surface area is 113 Å². The zero-order valence-electron chi connectivity index (χ0n) is 11.7. The lowest BCUT2D eigenvalue weighted by atomic mass is 10.2. The summed E-state index contributed by atoms with van der Waals surface area (Å²) in [6.07, 6.45) is 1.13. The van der Waals surface area contributed by atoms with E-state index in [0.717, 1.165) is 12.8 Å². The molecule has 0 fully saturated rings. The lowest BCUT2D eigenvalue weighted by Crippen LogP contribution is -2.23. The van der Waals surface area contributed by atoms with Gasteiger partial charge >= 0.3 is 0 Å². The third-order valence-electron chi connectivity index (χ3n) is 2.70. The molecule has 0 aromatic carbocycles. The normalized spacial score (nSPS) is 13.7. The quantitative estimate of drug-likeness (QED) is 0.800. The molecule has 0 aliphatic carbocycles. The van der Waals surface area contributed by atoms with Crippen molar-refractivity contribution in [3.63, 3.8) is 0 Å². The smallest absolute Gasteiger partial charge is 0.251 e. The van der Waals surface area contributed by atoms with Crippen molar-refractivity contribution < 1.29 is 8.42 Å². The van der Waals surface area contributed by atoms with Crippen LogP contribution in [0.4, 0.5) is 0 Å². The molecule has 0 amide bonds. The second kappa shape index (κ2) is 6.29. The molecule has 0 aliphatic heterocycles. The molecule has 0 bridgehead atoms. The summed E-state index contributed by atoms with van der Waals surface area (Å²) in [5.74, 6) is 0.688. The van der Waals surface area contributed by atoms with Gasteiger partial charge in [0.15, 0.2) is 9.84 Å². The van der Waals surface area contributed by atoms with Crippen LogP contribution >= 0.6 is 0 Å². The summed E-state index contributed by atoms with van der Waals surface area (Å²) in [6.45, 7) is 6.93. The molecule has 0 radical (unpaired) electrons. The third-order valence-corrected chi connectivity index (χ3v) is 4.21. The highest BCUT2D eigenvalue weighted by molar-refractivity contribution is 7.90. The molecule has 7 heteroatoms. The molecule has 6 nitrogen and oxygen atoms in total. The molecular formula is C12H21N3O3S. The van der Waals surface area contributed by atoms with Gasteiger partial charge in [0.2, 0.25) is 0 Å². The van der Waals surface area contributed by atoms with Gasteiger partial charge in [-0.1, -0.05) is 13.8 Å². The zero-order valence-corrected chi connectivity index (χ0v) is 12.5. The van der Waals surface area contributed by atoms with Gasteiger partial charge in [0.05, 0.1) is 5.69 Å². The average molecular weight is 287 g/mol. The Balaban J connectivity index is 2.92. The highest BCUT2D eigenvalue weighted by Crippen LogP contribution is 2.15. The second-order valence-electron chi connectivity index (χ2n) is 5.12. The van der Waals surface area contributed by atoms with E-state index in [1.165, 1.54) is 13.0 Å². The molecule has 0 spiro atoms. The molecule has 1 unspecified atom stereocenters. The Bertz CT molecular complexity index is 578. The van der Waals surface area contributed by atoms with E-state index < -0.39 is 15.1 Å². The van der Waals surface area contributed by atoms with Crippen molar-refractivity contribution in [1.29, 1.82) is 0 Å². The zero-order chi connectivity index (χ0) is 14.6. The van der Waals surface area contributed by atoms with Gasteiger partial charge in [-0.3, -0.25) is 4.79 Å². The Morgan fingerprint density at radius 3 is 2.53 bits per heavy atom. The summed E-state index contributed by atoms with van der Waals surface area (Å²) in [5.41, 5.74) is 0.219. The van der Waals surface area contributed by atoms with Gasteiger partial charge in [-0.25, -0.2) is 13.4 Å². The number of hydrogen-bond acceptors (Lipinski definition) is 5. The van der Waals surface area contributed by atoms with Crippen LogP contribution in [0.3, 0.4) is 0 Å². The predicted octanol–water partition coefficient (Wildman–Crippen LogP) is 0.621. The van der Waals surface area contributed by atoms with Crippen LogP contribution in [0.5, 0.6) is 0 Å². The topological polar surface area (TPSA) is 91.9 Å². The van der Waals surface area contributed by atoms with Crippen molar-refractivity contribution in [3.8, 4) is 0 Å². The fourth-order valence-corrected chi connectivity index (χ4v) is 2.02. The maximum atomic E-state index is 11.5. The van der Waals surface area contributed by atoms with E-state index in [-0.39, 0.29) is 11.4 Å². The average Bonchev–Trinajstić information content (AvgIpc) is 2.25. The van der Waals surface area contributed by atoms with E-state index in [9.17, 15) is 13.2 Å². The van der Waals surface area contributed by atoms with Crippen molar-refractivity contribution >= 4 is 9.84 Å². The van der Waals surface area contributed by atoms with Crippen LogP contribution < -0.4 is 10.9 Å². The summed E-state index contributed by atoms with van der Waals surface area (Å²) in [7, 11) is -3.28. The highest BCUT2D eigenvalue weighted by atomic mass is 32.2. The van der Waals surface area contributed by atoms with Crippen LogP contribution in [0, 0.1) is 5.92 Å². The van der Waals surface area contributed by atoms with E-state index in [1.54, 1.807) is 0 Å². The first kappa shape index (κ1) is 15.8. The van der Waals surface area contributed by atoms with Crippen molar-refractivity contribution in [2.24, 2.45) is 5.92 Å². The second-order valence-corrected chi connectivity index (χ2v) is 7.48. The molecule has 108 valence electrons. The van der Waals surface area contributed by atoms with E-state index in [2.05, 4.69) is 29.1 Å². The first-order chi connectivity index (χ1) is 8.70. The SMILES string of the molecule is CC(C)CNCc1cc(=O)[nH]c(C(C)S(C)(=O)=O)n1. The van der Waals surface area contributed by atoms with Gasteiger partial charge in [-0.05, 0) is 19.4 Å². The summed E-state index contributed by atoms with van der Waals surface area (Å²) in [4.78, 5) is 18.2. The summed E-state index contributed by atoms with van der Waals surface area (Å²) in [5, 5.41) is 2.35. The Morgan fingerprint density at radius 1 is 1.37 bits per heavy atom. The third kappa shape index (κ3) is 5.12. The first-order valence-electron chi connectivity index (χ1n) is 6.20. The number of sulfone groups is 1. The van der Waals surface area contributed by atoms with Crippen molar-refractivity contribution in [2.75, 3.05) is 12.8 Å². The lowest BCUT2D eigenvalue weighted by molar-refractivity contribution is 0.546. The van der Waals surface area contributed by atoms with Crippen molar-refractivity contribution in [3.05, 3.63) is 27.9 Å². The summed E-state index contributed by atoms with van der Waals surface area (Å²) in [6, 6.07) is 1.38.